The third-order valence-corrected chi connectivity index (χ3v) is 17.5. The van der Waals surface area contributed by atoms with E-state index in [1.165, 1.54) is 0 Å². The average molecular weight is 881 g/mol. The second-order valence-corrected chi connectivity index (χ2v) is 20.7. The first-order chi connectivity index (χ1) is 23.9. The van der Waals surface area contributed by atoms with Crippen molar-refractivity contribution in [1.82, 2.24) is 44.6 Å². The van der Waals surface area contributed by atoms with Gasteiger partial charge >= 0.3 is 11.9 Å². The summed E-state index contributed by atoms with van der Waals surface area (Å²) in [5.74, 6) is -1.70. The molecule has 3 aliphatic rings. The minimum absolute atomic E-state index is 0. The van der Waals surface area contributed by atoms with Crippen molar-refractivity contribution in [2.24, 2.45) is 0 Å². The molecular formula is C36H55LuN9O4Si. The average Bonchev–Trinajstić information content (AvgIpc) is 3.44. The van der Waals surface area contributed by atoms with Crippen LogP contribution in [0.1, 0.15) is 58.6 Å². The predicted octanol–water partition coefficient (Wildman–Crippen LogP) is 3.07. The number of fused-ring (bicyclic) bond motifs is 8. The molecule has 0 saturated carbocycles. The van der Waals surface area contributed by atoms with Crippen LogP contribution in [0.15, 0.2) is 36.4 Å². The smallest absolute Gasteiger partial charge is 0.317 e. The quantitative estimate of drug-likeness (QED) is 0.321. The largest absolute Gasteiger partial charge is 0.480 e. The van der Waals surface area contributed by atoms with Crippen LogP contribution < -0.4 is 5.32 Å². The molecule has 2 N–H and O–H groups in total. The van der Waals surface area contributed by atoms with Crippen molar-refractivity contribution in [2.45, 2.75) is 77.8 Å². The number of rotatable bonds is 8. The molecule has 6 rings (SSSR count). The molecular weight excluding hydrogens is 826 g/mol. The molecule has 51 heavy (non-hydrogen) atoms. The van der Waals surface area contributed by atoms with Crippen molar-refractivity contribution in [3.8, 4) is 11.4 Å². The summed E-state index contributed by atoms with van der Waals surface area (Å²) in [6, 6.07) is 12.2. The molecule has 3 aromatic rings. The second kappa shape index (κ2) is 18.6. The number of aliphatic carboxylic acids is 2. The van der Waals surface area contributed by atoms with E-state index in [1.807, 2.05) is 38.7 Å². The molecule has 15 heteroatoms. The van der Waals surface area contributed by atoms with E-state index in [2.05, 4.69) is 63.5 Å². The molecule has 0 aliphatic carbocycles. The molecule has 0 amide bonds. The third kappa shape index (κ3) is 10.2. The Morgan fingerprint density at radius 3 is 1.55 bits per heavy atom. The monoisotopic (exact) mass is 880 g/mol. The fraction of sp³-hybridized carbons (Fsp3) is 0.611. The first-order valence-electron chi connectivity index (χ1n) is 18.0. The van der Waals surface area contributed by atoms with Gasteiger partial charge in [0.05, 0.1) is 47.7 Å². The van der Waals surface area contributed by atoms with Gasteiger partial charge in [0.2, 0.25) is 0 Å². The molecule has 6 heterocycles. The topological polar surface area (TPSA) is 144 Å². The summed E-state index contributed by atoms with van der Waals surface area (Å²) in [4.78, 5) is 42.7. The molecule has 1 fully saturated rings. The fourth-order valence-corrected chi connectivity index (χ4v) is 14.9. The van der Waals surface area contributed by atoms with E-state index in [4.69, 9.17) is 20.3 Å². The number of nitrogens with zero attached hydrogens (tertiary/aromatic N) is 9. The number of hydrogen-bond donors (Lipinski definition) is 2. The van der Waals surface area contributed by atoms with Crippen molar-refractivity contribution in [1.29, 1.82) is 0 Å². The second-order valence-electron chi connectivity index (χ2n) is 14.9. The summed E-state index contributed by atoms with van der Waals surface area (Å²) in [6.45, 7) is 20.3. The molecule has 0 unspecified atom stereocenters. The van der Waals surface area contributed by atoms with Gasteiger partial charge in [0, 0.05) is 102 Å². The van der Waals surface area contributed by atoms with Gasteiger partial charge in [-0.3, -0.25) is 34.2 Å². The maximum absolute atomic E-state index is 11.9. The Bertz CT molecular complexity index is 1570. The summed E-state index contributed by atoms with van der Waals surface area (Å²) in [5.41, 5.74) is 5.75. The van der Waals surface area contributed by atoms with Crippen LogP contribution in [-0.2, 0) is 29.2 Å². The first-order valence-corrected chi connectivity index (χ1v) is 20.3. The molecule has 0 atom stereocenters. The zero-order valence-electron chi connectivity index (χ0n) is 30.9. The Hall–Kier alpha value is -2.33. The van der Waals surface area contributed by atoms with E-state index >= 15 is 0 Å². The van der Waals surface area contributed by atoms with Crippen LogP contribution in [0.4, 0.5) is 0 Å². The van der Waals surface area contributed by atoms with Crippen LogP contribution in [0.2, 0.25) is 16.6 Å². The molecule has 1 radical (unpaired) electrons. The summed E-state index contributed by atoms with van der Waals surface area (Å²) in [7, 11) is -2.25. The number of carboxylic acid groups (broad SMARTS) is 2. The maximum atomic E-state index is 11.9. The molecule has 0 aromatic carbocycles. The van der Waals surface area contributed by atoms with E-state index in [9.17, 15) is 19.8 Å². The van der Waals surface area contributed by atoms with Gasteiger partial charge in [-0.05, 0) is 40.9 Å². The standard InChI is InChI=1S/C36H55N9O4Si.Lu/c1-26(2)50(27(3)4,28(5)6)36-35-32-12-8-11-30(38-32)22-42-15-19-43(24-33(46)47)17-13-41(14-18-44(20-16-42)25-34(48)49)21-29-9-7-10-31(37-29)23-45(35)40-39-36;/h7-12,26-28H,13-25H2,1-6H3,(H,46,47)(H,48,49);. The zero-order chi connectivity index (χ0) is 36.0. The van der Waals surface area contributed by atoms with Crippen LogP contribution in [0.3, 0.4) is 0 Å². The van der Waals surface area contributed by atoms with Crippen molar-refractivity contribution < 1.29 is 56.7 Å². The third-order valence-electron chi connectivity index (χ3n) is 10.7. The van der Waals surface area contributed by atoms with Crippen LogP contribution in [0.25, 0.3) is 11.4 Å². The molecule has 0 spiro atoms. The van der Waals surface area contributed by atoms with E-state index in [-0.39, 0.29) is 50.0 Å². The van der Waals surface area contributed by atoms with Gasteiger partial charge in [-0.1, -0.05) is 58.9 Å². The number of aromatic nitrogens is 5. The number of carboxylic acids is 2. The summed E-state index contributed by atoms with van der Waals surface area (Å²) >= 11 is 0. The number of pyridine rings is 2. The van der Waals surface area contributed by atoms with Crippen molar-refractivity contribution >= 4 is 25.3 Å². The van der Waals surface area contributed by atoms with E-state index in [1.54, 1.807) is 0 Å². The van der Waals surface area contributed by atoms with Crippen molar-refractivity contribution in [3.05, 3.63) is 53.5 Å². The normalized spacial score (nSPS) is 19.8. The maximum Gasteiger partial charge on any atom is 0.317 e. The van der Waals surface area contributed by atoms with Gasteiger partial charge in [-0.15, -0.1) is 5.10 Å². The zero-order valence-corrected chi connectivity index (χ0v) is 33.5. The van der Waals surface area contributed by atoms with Crippen LogP contribution in [0, 0.1) is 36.9 Å². The van der Waals surface area contributed by atoms with Gasteiger partial charge in [0.1, 0.15) is 13.8 Å². The Balaban J connectivity index is 0.00000583. The molecule has 6 bridgehead atoms. The molecule has 287 valence electrons. The van der Waals surface area contributed by atoms with E-state index in [0.717, 1.165) is 33.8 Å². The van der Waals surface area contributed by atoms with E-state index < -0.39 is 20.0 Å². The van der Waals surface area contributed by atoms with Crippen LogP contribution in [-0.4, -0.2) is 140 Å². The van der Waals surface area contributed by atoms with Crippen LogP contribution in [0.5, 0.6) is 0 Å². The van der Waals surface area contributed by atoms with Gasteiger partial charge in [-0.25, -0.2) is 9.67 Å². The van der Waals surface area contributed by atoms with E-state index in [0.29, 0.717) is 88.6 Å². The number of hydrogen-bond acceptors (Lipinski definition) is 10. The van der Waals surface area contributed by atoms with Crippen LogP contribution >= 0.6 is 0 Å². The minimum atomic E-state index is -2.25. The SMILES string of the molecule is CC(C)[Si](c1nnn2c1-c1cccc(n1)CN1CCN(CC(=O)O)CCN(CCN(CC(=O)O)CC1)Cc1cccc(n1)C2)(C(C)C)C(C)C.[Lu]. The Labute approximate surface area is 332 Å². The molecule has 1 saturated heterocycles. The fourth-order valence-electron chi connectivity index (χ4n) is 8.40. The summed E-state index contributed by atoms with van der Waals surface area (Å²) in [6.07, 6.45) is 0. The molecule has 13 nitrogen and oxygen atoms in total. The van der Waals surface area contributed by atoms with Gasteiger partial charge in [0.15, 0.2) is 0 Å². The predicted molar refractivity (Wildman–Crippen MR) is 196 cm³/mol. The Morgan fingerprint density at radius 2 is 1.10 bits per heavy atom. The first kappa shape index (κ1) is 41.4. The summed E-state index contributed by atoms with van der Waals surface area (Å²) in [5, 5.41) is 30.5. The van der Waals surface area contributed by atoms with Gasteiger partial charge in [0.25, 0.3) is 0 Å². The number of carbonyl (C=O) groups is 2. The Morgan fingerprint density at radius 1 is 0.667 bits per heavy atom. The molecule has 3 aromatic heterocycles. The Kier molecular flexibility index (Phi) is 15.1. The van der Waals surface area contributed by atoms with Gasteiger partial charge in [-0.2, -0.15) is 0 Å². The van der Waals surface area contributed by atoms with Gasteiger partial charge < -0.3 is 10.2 Å². The summed E-state index contributed by atoms with van der Waals surface area (Å²) < 4.78 is 2.01. The molecule has 3 aliphatic heterocycles. The van der Waals surface area contributed by atoms with Crippen molar-refractivity contribution in [2.75, 3.05) is 65.4 Å². The minimum Gasteiger partial charge on any atom is -0.480 e. The van der Waals surface area contributed by atoms with Crippen molar-refractivity contribution in [3.63, 3.8) is 0 Å².